The number of aromatic nitrogens is 1. The molecule has 1 aliphatic heterocycles. The van der Waals surface area contributed by atoms with Crippen LogP contribution < -0.4 is 5.32 Å². The first-order chi connectivity index (χ1) is 12.6. The van der Waals surface area contributed by atoms with E-state index in [-0.39, 0.29) is 18.3 Å². The minimum Gasteiger partial charge on any atom is -0.461 e. The molecule has 26 heavy (non-hydrogen) atoms. The Morgan fingerprint density at radius 3 is 2.77 bits per heavy atom. The number of nitrogens with one attached hydrogen (secondary N) is 1. The lowest BCUT2D eigenvalue weighted by atomic mass is 10.1. The van der Waals surface area contributed by atoms with Crippen molar-refractivity contribution in [2.45, 2.75) is 32.2 Å². The van der Waals surface area contributed by atoms with Crippen molar-refractivity contribution in [2.24, 2.45) is 5.92 Å². The highest BCUT2D eigenvalue weighted by Crippen LogP contribution is 2.37. The van der Waals surface area contributed by atoms with Gasteiger partial charge in [0.25, 0.3) is 0 Å². The predicted octanol–water partition coefficient (Wildman–Crippen LogP) is 3.53. The number of oxazole rings is 1. The Bertz CT molecular complexity index is 814. The van der Waals surface area contributed by atoms with Crippen LogP contribution in [-0.2, 0) is 4.74 Å². The molecule has 7 heteroatoms. The van der Waals surface area contributed by atoms with Crippen LogP contribution in [0.3, 0.4) is 0 Å². The third-order valence-corrected chi connectivity index (χ3v) is 5.04. The maximum atomic E-state index is 12.4. The number of hydrogen-bond acceptors (Lipinski definition) is 5. The summed E-state index contributed by atoms with van der Waals surface area (Å²) in [5.74, 6) is 0.501. The van der Waals surface area contributed by atoms with E-state index in [1.807, 2.05) is 4.90 Å². The second-order valence-corrected chi connectivity index (χ2v) is 6.75. The standard InChI is InChI=1S/C19H21N3O4/c1-2-25-18(23)16-11-26-17(21-16)13-4-6-14(7-5-13)20-19(24)22-10-12-3-8-15(22)9-12/h4-7,11-12,15H,2-3,8-10H2,1H3,(H,20,24)/t12-,15-/m0/s1. The number of fused-ring (bicyclic) bond motifs is 2. The Morgan fingerprint density at radius 2 is 2.12 bits per heavy atom. The fourth-order valence-corrected chi connectivity index (χ4v) is 3.77. The van der Waals surface area contributed by atoms with Gasteiger partial charge in [-0.2, -0.15) is 0 Å². The molecule has 136 valence electrons. The van der Waals surface area contributed by atoms with Crippen molar-refractivity contribution in [3.05, 3.63) is 36.2 Å². The van der Waals surface area contributed by atoms with Crippen LogP contribution in [0.25, 0.3) is 11.5 Å². The van der Waals surface area contributed by atoms with E-state index < -0.39 is 5.97 Å². The van der Waals surface area contributed by atoms with E-state index in [1.165, 1.54) is 12.7 Å². The average Bonchev–Trinajstić information content (AvgIpc) is 3.39. The third kappa shape index (κ3) is 3.16. The van der Waals surface area contributed by atoms with E-state index in [9.17, 15) is 9.59 Å². The summed E-state index contributed by atoms with van der Waals surface area (Å²) >= 11 is 0. The molecule has 7 nitrogen and oxygen atoms in total. The molecule has 0 spiro atoms. The summed E-state index contributed by atoms with van der Waals surface area (Å²) in [4.78, 5) is 30.2. The number of carbonyl (C=O) groups is 2. The molecule has 2 atom stereocenters. The number of rotatable bonds is 4. The van der Waals surface area contributed by atoms with Crippen LogP contribution in [0.15, 0.2) is 34.9 Å². The second-order valence-electron chi connectivity index (χ2n) is 6.75. The third-order valence-electron chi connectivity index (χ3n) is 5.04. The topological polar surface area (TPSA) is 84.7 Å². The number of likely N-dealkylation sites (tertiary alicyclic amines) is 1. The Hall–Kier alpha value is -2.83. The first-order valence-corrected chi connectivity index (χ1v) is 8.94. The first kappa shape index (κ1) is 16.6. The average molecular weight is 355 g/mol. The van der Waals surface area contributed by atoms with Crippen molar-refractivity contribution in [3.63, 3.8) is 0 Å². The zero-order valence-corrected chi connectivity index (χ0v) is 14.6. The normalized spacial score (nSPS) is 21.0. The summed E-state index contributed by atoms with van der Waals surface area (Å²) < 4.78 is 10.2. The van der Waals surface area contributed by atoms with E-state index in [4.69, 9.17) is 9.15 Å². The largest absolute Gasteiger partial charge is 0.461 e. The summed E-state index contributed by atoms with van der Waals surface area (Å²) in [5.41, 5.74) is 1.58. The molecule has 2 heterocycles. The van der Waals surface area contributed by atoms with Crippen molar-refractivity contribution in [1.82, 2.24) is 9.88 Å². The maximum Gasteiger partial charge on any atom is 0.360 e. The molecule has 2 fully saturated rings. The molecular formula is C19H21N3O4. The van der Waals surface area contributed by atoms with Crippen LogP contribution in [0.4, 0.5) is 10.5 Å². The lowest BCUT2D eigenvalue weighted by Crippen LogP contribution is -2.40. The number of piperidine rings is 1. The van der Waals surface area contributed by atoms with Crippen LogP contribution in [0.2, 0.25) is 0 Å². The van der Waals surface area contributed by atoms with Gasteiger partial charge in [-0.1, -0.05) is 0 Å². The highest BCUT2D eigenvalue weighted by Gasteiger charge is 2.40. The monoisotopic (exact) mass is 355 g/mol. The fourth-order valence-electron chi connectivity index (χ4n) is 3.77. The van der Waals surface area contributed by atoms with Gasteiger partial charge in [-0.3, -0.25) is 0 Å². The molecular weight excluding hydrogens is 334 g/mol. The van der Waals surface area contributed by atoms with Gasteiger partial charge in [-0.15, -0.1) is 0 Å². The van der Waals surface area contributed by atoms with Gasteiger partial charge in [0.1, 0.15) is 6.26 Å². The van der Waals surface area contributed by atoms with Gasteiger partial charge < -0.3 is 19.4 Å². The Kier molecular flexibility index (Phi) is 4.36. The van der Waals surface area contributed by atoms with E-state index in [0.29, 0.717) is 17.9 Å². The van der Waals surface area contributed by atoms with Crippen molar-refractivity contribution in [1.29, 1.82) is 0 Å². The van der Waals surface area contributed by atoms with Gasteiger partial charge in [-0.05, 0) is 56.4 Å². The minimum absolute atomic E-state index is 0.0364. The molecule has 2 aromatic rings. The summed E-state index contributed by atoms with van der Waals surface area (Å²) in [5, 5.41) is 2.95. The van der Waals surface area contributed by atoms with Gasteiger partial charge in [0.05, 0.1) is 6.61 Å². The van der Waals surface area contributed by atoms with Crippen LogP contribution in [-0.4, -0.2) is 41.1 Å². The van der Waals surface area contributed by atoms with Crippen LogP contribution >= 0.6 is 0 Å². The number of anilines is 1. The SMILES string of the molecule is CCOC(=O)c1coc(-c2ccc(NC(=O)N3C[C@H]4CC[C@H]3C4)cc2)n1. The van der Waals surface area contributed by atoms with Crippen molar-refractivity contribution >= 4 is 17.7 Å². The Morgan fingerprint density at radius 1 is 1.31 bits per heavy atom. The lowest BCUT2D eigenvalue weighted by molar-refractivity contribution is 0.0519. The van der Waals surface area contributed by atoms with Crippen LogP contribution in [0.1, 0.15) is 36.7 Å². The number of esters is 1. The molecule has 2 bridgehead atoms. The maximum absolute atomic E-state index is 12.4. The smallest absolute Gasteiger partial charge is 0.360 e. The molecule has 1 aliphatic carbocycles. The molecule has 2 amide bonds. The number of ether oxygens (including phenoxy) is 1. The number of nitrogens with zero attached hydrogens (tertiary/aromatic N) is 2. The summed E-state index contributed by atoms with van der Waals surface area (Å²) in [6.45, 7) is 2.88. The molecule has 0 radical (unpaired) electrons. The van der Waals surface area contributed by atoms with E-state index in [2.05, 4.69) is 10.3 Å². The lowest BCUT2D eigenvalue weighted by Gasteiger charge is -2.27. The fraction of sp³-hybridized carbons (Fsp3) is 0.421. The molecule has 1 aromatic heterocycles. The summed E-state index contributed by atoms with van der Waals surface area (Å²) in [6, 6.07) is 7.56. The van der Waals surface area contributed by atoms with E-state index in [1.54, 1.807) is 31.2 Å². The Labute approximate surface area is 151 Å². The van der Waals surface area contributed by atoms with Gasteiger partial charge in [0.2, 0.25) is 5.89 Å². The number of benzene rings is 1. The minimum atomic E-state index is -0.508. The van der Waals surface area contributed by atoms with Crippen molar-refractivity contribution in [2.75, 3.05) is 18.5 Å². The van der Waals surface area contributed by atoms with E-state index >= 15 is 0 Å². The van der Waals surface area contributed by atoms with Crippen LogP contribution in [0.5, 0.6) is 0 Å². The van der Waals surface area contributed by atoms with Gasteiger partial charge in [-0.25, -0.2) is 14.6 Å². The summed E-state index contributed by atoms with van der Waals surface area (Å²) in [7, 11) is 0. The molecule has 1 N–H and O–H groups in total. The van der Waals surface area contributed by atoms with Crippen LogP contribution in [0, 0.1) is 5.92 Å². The zero-order valence-electron chi connectivity index (χ0n) is 14.6. The number of urea groups is 1. The van der Waals surface area contributed by atoms with Crippen molar-refractivity contribution < 1.29 is 18.7 Å². The van der Waals surface area contributed by atoms with Gasteiger partial charge >= 0.3 is 12.0 Å². The quantitative estimate of drug-likeness (QED) is 0.848. The zero-order chi connectivity index (χ0) is 18.1. The number of carbonyl (C=O) groups excluding carboxylic acids is 2. The Balaban J connectivity index is 1.40. The highest BCUT2D eigenvalue weighted by molar-refractivity contribution is 5.90. The molecule has 1 saturated heterocycles. The molecule has 2 aliphatic rings. The molecule has 4 rings (SSSR count). The molecule has 1 saturated carbocycles. The van der Waals surface area contributed by atoms with Gasteiger partial charge in [0, 0.05) is 23.8 Å². The predicted molar refractivity (Wildman–Crippen MR) is 94.7 cm³/mol. The highest BCUT2D eigenvalue weighted by atomic mass is 16.5. The molecule has 1 aromatic carbocycles. The number of hydrogen-bond donors (Lipinski definition) is 1. The summed E-state index contributed by atoms with van der Waals surface area (Å²) in [6.07, 6.45) is 4.78. The second kappa shape index (κ2) is 6.82. The van der Waals surface area contributed by atoms with E-state index in [0.717, 1.165) is 30.6 Å². The first-order valence-electron chi connectivity index (χ1n) is 8.94. The van der Waals surface area contributed by atoms with Gasteiger partial charge in [0.15, 0.2) is 5.69 Å². The number of amides is 2. The van der Waals surface area contributed by atoms with Crippen molar-refractivity contribution in [3.8, 4) is 11.5 Å². The molecule has 0 unspecified atom stereocenters.